The Balaban J connectivity index is 1.69. The number of benzene rings is 1. The van der Waals surface area contributed by atoms with E-state index < -0.39 is 53.2 Å². The molecule has 0 amide bonds. The van der Waals surface area contributed by atoms with Gasteiger partial charge in [-0.15, -0.1) is 0 Å². The first kappa shape index (κ1) is 26.0. The number of aromatic amines is 1. The second kappa shape index (κ2) is 8.51. The molecule has 0 spiro atoms. The number of halogens is 2. The van der Waals surface area contributed by atoms with Crippen molar-refractivity contribution in [2.45, 2.75) is 35.7 Å². The molecule has 12 nitrogen and oxygen atoms in total. The van der Waals surface area contributed by atoms with Crippen LogP contribution in [0.2, 0.25) is 5.02 Å². The van der Waals surface area contributed by atoms with E-state index in [4.69, 9.17) is 34.6 Å². The van der Waals surface area contributed by atoms with Crippen molar-refractivity contribution in [3.05, 3.63) is 55.8 Å². The summed E-state index contributed by atoms with van der Waals surface area (Å²) in [5.41, 5.74) is -3.77. The second-order valence-electron chi connectivity index (χ2n) is 8.66. The van der Waals surface area contributed by atoms with Gasteiger partial charge >= 0.3 is 13.5 Å². The van der Waals surface area contributed by atoms with Crippen molar-refractivity contribution in [1.29, 1.82) is 0 Å². The molecule has 18 heteroatoms. The van der Waals surface area contributed by atoms with E-state index in [0.29, 0.717) is 10.1 Å². The summed E-state index contributed by atoms with van der Waals surface area (Å²) in [6.07, 6.45) is -3.56. The number of hydrogen-bond acceptors (Lipinski definition) is 10. The first-order valence-corrected chi connectivity index (χ1v) is 12.1. The fourth-order valence-corrected chi connectivity index (χ4v) is 5.68. The standard InChI is InChI=1S/C17H20B3ClFN2O10P/c1-30-9-4-2-3-7-6-31-35(29,32-10(7)9)34-17(19,20)15(22)11(25)12(26)16(18,33-15)24-5-8(21)13(27)23-14(24)28/h2-5,11-12,25-26H,6,18-20H2,1H3,(H,23,27,28)/t11-,12+,15-,16-,35?/m0/s1. The van der Waals surface area contributed by atoms with Crippen LogP contribution < -0.4 is 20.5 Å². The smallest absolute Gasteiger partial charge is 0.493 e. The molecular weight excluding hydrogens is 510 g/mol. The predicted molar refractivity (Wildman–Crippen MR) is 127 cm³/mol. The molecule has 1 unspecified atom stereocenters. The minimum atomic E-state index is -4.52. The molecule has 1 aromatic carbocycles. The van der Waals surface area contributed by atoms with E-state index in [-0.39, 0.29) is 18.1 Å². The lowest BCUT2D eigenvalue weighted by atomic mass is 9.59. The minimum absolute atomic E-state index is 0.0699. The van der Waals surface area contributed by atoms with Crippen LogP contribution in [0.3, 0.4) is 0 Å². The SMILES string of the molecule is BC(B)(OP1(=O)OCc2cccc(OC)c2O1)[C@@]1(F)O[C@@](B)(n2cc(Cl)c(=O)[nH]c2=O)[C@H](O)[C@@H]1O. The first-order valence-electron chi connectivity index (χ1n) is 10.3. The lowest BCUT2D eigenvalue weighted by Gasteiger charge is -2.41. The molecule has 3 N–H and O–H groups in total. The highest BCUT2D eigenvalue weighted by Crippen LogP contribution is 2.60. The van der Waals surface area contributed by atoms with Crippen molar-refractivity contribution >= 4 is 43.0 Å². The van der Waals surface area contributed by atoms with Crippen LogP contribution in [0, 0.1) is 0 Å². The van der Waals surface area contributed by atoms with Crippen LogP contribution in [-0.2, 0) is 30.6 Å². The van der Waals surface area contributed by atoms with Crippen molar-refractivity contribution in [2.75, 3.05) is 7.11 Å². The topological polar surface area (TPSA) is 159 Å². The van der Waals surface area contributed by atoms with Crippen LogP contribution in [0.4, 0.5) is 4.39 Å². The summed E-state index contributed by atoms with van der Waals surface area (Å²) in [5, 5.41) is 18.6. The molecule has 35 heavy (non-hydrogen) atoms. The average molecular weight is 530 g/mol. The molecule has 3 heterocycles. The fourth-order valence-electron chi connectivity index (χ4n) is 3.98. The van der Waals surface area contributed by atoms with Gasteiger partial charge in [0, 0.05) is 11.8 Å². The van der Waals surface area contributed by atoms with E-state index in [2.05, 4.69) is 0 Å². The quantitative estimate of drug-likeness (QED) is 0.279. The van der Waals surface area contributed by atoms with Crippen LogP contribution in [0.15, 0.2) is 34.0 Å². The van der Waals surface area contributed by atoms with Crippen molar-refractivity contribution < 1.29 is 42.2 Å². The number of para-hydroxylation sites is 1. The largest absolute Gasteiger partial charge is 0.529 e. The van der Waals surface area contributed by atoms with E-state index in [0.717, 1.165) is 29.7 Å². The number of ether oxygens (including phenoxy) is 2. The van der Waals surface area contributed by atoms with Gasteiger partial charge in [-0.25, -0.2) is 13.8 Å². The number of phosphoric acid groups is 1. The number of aromatic nitrogens is 2. The number of aliphatic hydroxyl groups is 2. The zero-order valence-corrected chi connectivity index (χ0v) is 20.6. The lowest BCUT2D eigenvalue weighted by molar-refractivity contribution is -0.240. The molecule has 186 valence electrons. The second-order valence-corrected chi connectivity index (χ2v) is 10.6. The van der Waals surface area contributed by atoms with Gasteiger partial charge in [0.2, 0.25) is 0 Å². The number of nitrogens with zero attached hydrogens (tertiary/aromatic N) is 1. The summed E-state index contributed by atoms with van der Waals surface area (Å²) in [6.45, 7) is -0.214. The Morgan fingerprint density at radius 3 is 2.69 bits per heavy atom. The van der Waals surface area contributed by atoms with Crippen molar-refractivity contribution in [1.82, 2.24) is 9.55 Å². The maximum absolute atomic E-state index is 16.4. The average Bonchev–Trinajstić information content (AvgIpc) is 2.97. The third-order valence-corrected chi connectivity index (χ3v) is 7.78. The van der Waals surface area contributed by atoms with E-state index in [1.54, 1.807) is 18.2 Å². The number of nitrogens with one attached hydrogen (secondary N) is 1. The molecule has 5 atom stereocenters. The number of alkyl halides is 1. The maximum Gasteiger partial charge on any atom is 0.529 e. The Morgan fingerprint density at radius 2 is 2.03 bits per heavy atom. The number of hydrogen-bond donors (Lipinski definition) is 3. The Morgan fingerprint density at radius 1 is 1.34 bits per heavy atom. The summed E-state index contributed by atoms with van der Waals surface area (Å²) >= 11 is 5.78. The van der Waals surface area contributed by atoms with Gasteiger partial charge < -0.3 is 24.2 Å². The molecular formula is C17H20B3ClFN2O10P. The lowest BCUT2D eigenvalue weighted by Crippen LogP contribution is -2.60. The van der Waals surface area contributed by atoms with Gasteiger partial charge in [-0.2, -0.15) is 0 Å². The van der Waals surface area contributed by atoms with Gasteiger partial charge in [0.15, 0.2) is 19.3 Å². The molecule has 0 radical (unpaired) electrons. The van der Waals surface area contributed by atoms with Crippen LogP contribution in [-0.4, -0.2) is 73.9 Å². The summed E-state index contributed by atoms with van der Waals surface area (Å²) in [7, 11) is 0.113. The highest BCUT2D eigenvalue weighted by molar-refractivity contribution is 7.49. The third-order valence-electron chi connectivity index (χ3n) is 5.98. The van der Waals surface area contributed by atoms with Crippen LogP contribution in [0.5, 0.6) is 11.5 Å². The maximum atomic E-state index is 16.4. The molecule has 0 aliphatic carbocycles. The van der Waals surface area contributed by atoms with Crippen LogP contribution in [0.25, 0.3) is 0 Å². The summed E-state index contributed by atoms with van der Waals surface area (Å²) < 4.78 is 57.1. The molecule has 4 rings (SSSR count). The molecule has 1 fully saturated rings. The Labute approximate surface area is 205 Å². The van der Waals surface area contributed by atoms with Gasteiger partial charge in [-0.05, 0) is 6.07 Å². The molecule has 1 aromatic heterocycles. The summed E-state index contributed by atoms with van der Waals surface area (Å²) in [6, 6.07) is 4.86. The molecule has 2 aromatic rings. The number of H-pyrrole nitrogens is 1. The van der Waals surface area contributed by atoms with Crippen LogP contribution >= 0.6 is 19.4 Å². The number of phosphoric ester groups is 1. The molecule has 2 aliphatic heterocycles. The highest BCUT2D eigenvalue weighted by atomic mass is 35.5. The van der Waals surface area contributed by atoms with E-state index in [1.165, 1.54) is 7.11 Å². The van der Waals surface area contributed by atoms with E-state index in [9.17, 15) is 24.4 Å². The molecule has 1 saturated heterocycles. The Kier molecular flexibility index (Phi) is 6.33. The van der Waals surface area contributed by atoms with Gasteiger partial charge in [0.05, 0.1) is 19.1 Å². The third kappa shape index (κ3) is 4.06. The van der Waals surface area contributed by atoms with Gasteiger partial charge in [0.25, 0.3) is 11.4 Å². The van der Waals surface area contributed by atoms with E-state index >= 15 is 4.39 Å². The summed E-state index contributed by atoms with van der Waals surface area (Å²) in [5.74, 6) is -2.97. The highest BCUT2D eigenvalue weighted by Gasteiger charge is 2.69. The normalized spacial score (nSPS) is 32.6. The number of rotatable bonds is 5. The van der Waals surface area contributed by atoms with Crippen LogP contribution in [0.1, 0.15) is 5.56 Å². The zero-order chi connectivity index (χ0) is 26.0. The van der Waals surface area contributed by atoms with Gasteiger partial charge in [-0.1, -0.05) is 23.7 Å². The molecule has 2 aliphatic rings. The first-order chi connectivity index (χ1) is 16.2. The zero-order valence-electron chi connectivity index (χ0n) is 19.0. The molecule has 0 saturated carbocycles. The number of fused-ring (bicyclic) bond motifs is 1. The number of aliphatic hydroxyl groups excluding tert-OH is 2. The van der Waals surface area contributed by atoms with Crippen molar-refractivity contribution in [2.24, 2.45) is 0 Å². The van der Waals surface area contributed by atoms with Crippen molar-refractivity contribution in [3.8, 4) is 11.5 Å². The van der Waals surface area contributed by atoms with Gasteiger partial charge in [0.1, 0.15) is 38.5 Å². The fraction of sp³-hybridized carbons (Fsp3) is 0.412. The monoisotopic (exact) mass is 530 g/mol. The Bertz CT molecular complexity index is 1330. The van der Waals surface area contributed by atoms with E-state index in [1.807, 2.05) is 4.98 Å². The van der Waals surface area contributed by atoms with Crippen molar-refractivity contribution in [3.63, 3.8) is 0 Å². The predicted octanol–water partition coefficient (Wildman–Crippen LogP) is -2.49. The Hall–Kier alpha value is -2.06. The van der Waals surface area contributed by atoms with Gasteiger partial charge in [-0.3, -0.25) is 23.4 Å². The molecule has 0 bridgehead atoms. The number of methoxy groups -OCH3 is 1. The summed E-state index contributed by atoms with van der Waals surface area (Å²) in [4.78, 5) is 25.9. The minimum Gasteiger partial charge on any atom is -0.493 e.